The summed E-state index contributed by atoms with van der Waals surface area (Å²) in [5, 5.41) is 4.86. The number of carbonyl (C=O) groups is 1. The van der Waals surface area contributed by atoms with Crippen molar-refractivity contribution in [2.24, 2.45) is 5.92 Å². The molecule has 2 rings (SSSR count). The minimum Gasteiger partial charge on any atom is -0.359 e. The first-order valence-corrected chi connectivity index (χ1v) is 6.93. The summed E-state index contributed by atoms with van der Waals surface area (Å²) in [6.45, 7) is 0. The van der Waals surface area contributed by atoms with E-state index >= 15 is 0 Å². The highest BCUT2D eigenvalue weighted by Gasteiger charge is 2.28. The zero-order valence-corrected chi connectivity index (χ0v) is 10.6. The van der Waals surface area contributed by atoms with Gasteiger partial charge in [0, 0.05) is 24.3 Å². The van der Waals surface area contributed by atoms with Gasteiger partial charge in [-0.05, 0) is 30.2 Å². The van der Waals surface area contributed by atoms with Crippen molar-refractivity contribution in [2.45, 2.75) is 38.0 Å². The van der Waals surface area contributed by atoms with Gasteiger partial charge in [0.2, 0.25) is 5.91 Å². The predicted molar refractivity (Wildman–Crippen MR) is 67.7 cm³/mol. The van der Waals surface area contributed by atoms with Crippen LogP contribution in [0.15, 0.2) is 17.5 Å². The highest BCUT2D eigenvalue weighted by atomic mass is 32.1. The summed E-state index contributed by atoms with van der Waals surface area (Å²) in [7, 11) is 1.72. The summed E-state index contributed by atoms with van der Waals surface area (Å²) in [6, 6.07) is 4.27. The largest absolute Gasteiger partial charge is 0.359 e. The number of nitrogens with one attached hydrogen (secondary N) is 1. The molecule has 3 heteroatoms. The Morgan fingerprint density at radius 3 is 2.88 bits per heavy atom. The molecule has 1 saturated carbocycles. The summed E-state index contributed by atoms with van der Waals surface area (Å²) in [5.74, 6) is 1.34. The Morgan fingerprint density at radius 2 is 2.31 bits per heavy atom. The van der Waals surface area contributed by atoms with Crippen LogP contribution in [-0.4, -0.2) is 13.0 Å². The molecule has 88 valence electrons. The number of rotatable bonds is 4. The van der Waals surface area contributed by atoms with Crippen molar-refractivity contribution in [1.82, 2.24) is 5.32 Å². The minimum absolute atomic E-state index is 0.172. The molecular weight excluding hydrogens is 218 g/mol. The lowest BCUT2D eigenvalue weighted by molar-refractivity contribution is -0.121. The fraction of sp³-hybridized carbons (Fsp3) is 0.615. The van der Waals surface area contributed by atoms with E-state index in [1.165, 1.54) is 30.6 Å². The first-order valence-electron chi connectivity index (χ1n) is 6.05. The average molecular weight is 237 g/mol. The molecule has 0 bridgehead atoms. The van der Waals surface area contributed by atoms with E-state index < -0.39 is 0 Å². The topological polar surface area (TPSA) is 29.1 Å². The third-order valence-corrected chi connectivity index (χ3v) is 4.57. The molecule has 1 N–H and O–H groups in total. The lowest BCUT2D eigenvalue weighted by atomic mass is 9.86. The smallest absolute Gasteiger partial charge is 0.220 e. The molecule has 1 fully saturated rings. The van der Waals surface area contributed by atoms with Gasteiger partial charge in [-0.1, -0.05) is 18.9 Å². The Hall–Kier alpha value is -0.830. The maximum atomic E-state index is 11.6. The van der Waals surface area contributed by atoms with Gasteiger partial charge in [-0.25, -0.2) is 0 Å². The molecule has 2 nitrogen and oxygen atoms in total. The lowest BCUT2D eigenvalue weighted by Gasteiger charge is -2.21. The van der Waals surface area contributed by atoms with Crippen LogP contribution in [0.4, 0.5) is 0 Å². The molecule has 0 saturated heterocycles. The van der Waals surface area contributed by atoms with Crippen molar-refractivity contribution in [1.29, 1.82) is 0 Å². The normalized spacial score (nSPS) is 18.6. The first-order chi connectivity index (χ1) is 7.81. The van der Waals surface area contributed by atoms with E-state index in [9.17, 15) is 4.79 Å². The molecule has 0 aromatic carbocycles. The van der Waals surface area contributed by atoms with Crippen molar-refractivity contribution in [3.63, 3.8) is 0 Å². The number of thiophene rings is 1. The van der Waals surface area contributed by atoms with Gasteiger partial charge in [0.1, 0.15) is 0 Å². The lowest BCUT2D eigenvalue weighted by Crippen LogP contribution is -2.23. The minimum atomic E-state index is 0.172. The molecular formula is C13H19NOS. The Bertz CT molecular complexity index is 328. The molecule has 0 radical (unpaired) electrons. The zero-order chi connectivity index (χ0) is 11.4. The Kier molecular flexibility index (Phi) is 3.99. The van der Waals surface area contributed by atoms with Crippen molar-refractivity contribution >= 4 is 17.2 Å². The van der Waals surface area contributed by atoms with Gasteiger partial charge in [-0.3, -0.25) is 4.79 Å². The molecule has 0 spiro atoms. The second-order valence-corrected chi connectivity index (χ2v) is 5.52. The summed E-state index contributed by atoms with van der Waals surface area (Å²) in [6.07, 6.45) is 5.90. The summed E-state index contributed by atoms with van der Waals surface area (Å²) >= 11 is 1.79. The Labute approximate surface area is 101 Å². The van der Waals surface area contributed by atoms with E-state index in [1.54, 1.807) is 18.4 Å². The van der Waals surface area contributed by atoms with E-state index in [-0.39, 0.29) is 5.91 Å². The first kappa shape index (κ1) is 11.6. The fourth-order valence-corrected chi connectivity index (χ4v) is 3.59. The quantitative estimate of drug-likeness (QED) is 0.856. The van der Waals surface area contributed by atoms with Crippen molar-refractivity contribution < 1.29 is 4.79 Å². The maximum absolute atomic E-state index is 11.6. The standard InChI is InChI=1S/C13H19NOS/c1-14-13(15)9-11(10-5-2-3-6-10)12-7-4-8-16-12/h4,7-8,10-11H,2-3,5-6,9H2,1H3,(H,14,15). The van der Waals surface area contributed by atoms with E-state index in [4.69, 9.17) is 0 Å². The predicted octanol–water partition coefficient (Wildman–Crippen LogP) is 3.16. The van der Waals surface area contributed by atoms with Crippen LogP contribution in [0.25, 0.3) is 0 Å². The maximum Gasteiger partial charge on any atom is 0.220 e. The van der Waals surface area contributed by atoms with Crippen LogP contribution in [0.3, 0.4) is 0 Å². The second-order valence-electron chi connectivity index (χ2n) is 4.54. The van der Waals surface area contributed by atoms with Crippen LogP contribution in [-0.2, 0) is 4.79 Å². The van der Waals surface area contributed by atoms with Gasteiger partial charge in [0.15, 0.2) is 0 Å². The summed E-state index contributed by atoms with van der Waals surface area (Å²) in [5.41, 5.74) is 0. The highest BCUT2D eigenvalue weighted by Crippen LogP contribution is 2.40. The van der Waals surface area contributed by atoms with Gasteiger partial charge < -0.3 is 5.32 Å². The van der Waals surface area contributed by atoms with Gasteiger partial charge >= 0.3 is 0 Å². The monoisotopic (exact) mass is 237 g/mol. The Morgan fingerprint density at radius 1 is 1.56 bits per heavy atom. The van der Waals surface area contributed by atoms with Crippen LogP contribution >= 0.6 is 11.3 Å². The van der Waals surface area contributed by atoms with E-state index in [0.29, 0.717) is 12.3 Å². The molecule has 1 atom stereocenters. The summed E-state index contributed by atoms with van der Waals surface area (Å²) in [4.78, 5) is 13.0. The fourth-order valence-electron chi connectivity index (χ4n) is 2.66. The molecule has 1 aromatic heterocycles. The van der Waals surface area contributed by atoms with Gasteiger partial charge in [-0.15, -0.1) is 11.3 Å². The second kappa shape index (κ2) is 5.48. The molecule has 1 aliphatic carbocycles. The van der Waals surface area contributed by atoms with Crippen LogP contribution in [0, 0.1) is 5.92 Å². The van der Waals surface area contributed by atoms with Crippen LogP contribution < -0.4 is 5.32 Å². The zero-order valence-electron chi connectivity index (χ0n) is 9.74. The van der Waals surface area contributed by atoms with Gasteiger partial charge in [0.25, 0.3) is 0 Å². The third-order valence-electron chi connectivity index (χ3n) is 3.56. The molecule has 1 amide bonds. The molecule has 0 aliphatic heterocycles. The SMILES string of the molecule is CNC(=O)CC(c1cccs1)C1CCCC1. The van der Waals surface area contributed by atoms with E-state index in [0.717, 1.165) is 5.92 Å². The van der Waals surface area contributed by atoms with Crippen LogP contribution in [0.2, 0.25) is 0 Å². The molecule has 1 aromatic rings. The molecule has 1 heterocycles. The third kappa shape index (κ3) is 2.64. The molecule has 16 heavy (non-hydrogen) atoms. The Balaban J connectivity index is 2.09. The number of amides is 1. The average Bonchev–Trinajstić information content (AvgIpc) is 2.97. The van der Waals surface area contributed by atoms with Gasteiger partial charge in [-0.2, -0.15) is 0 Å². The van der Waals surface area contributed by atoms with Crippen molar-refractivity contribution in [3.8, 4) is 0 Å². The van der Waals surface area contributed by atoms with E-state index in [1.807, 2.05) is 0 Å². The summed E-state index contributed by atoms with van der Waals surface area (Å²) < 4.78 is 0. The number of carbonyl (C=O) groups excluding carboxylic acids is 1. The van der Waals surface area contributed by atoms with Crippen LogP contribution in [0.1, 0.15) is 42.9 Å². The van der Waals surface area contributed by atoms with Gasteiger partial charge in [0.05, 0.1) is 0 Å². The molecule has 1 unspecified atom stereocenters. The van der Waals surface area contributed by atoms with Crippen LogP contribution in [0.5, 0.6) is 0 Å². The van der Waals surface area contributed by atoms with E-state index in [2.05, 4.69) is 22.8 Å². The number of hydrogen-bond acceptors (Lipinski definition) is 2. The highest BCUT2D eigenvalue weighted by molar-refractivity contribution is 7.10. The molecule has 1 aliphatic rings. The van der Waals surface area contributed by atoms with Crippen molar-refractivity contribution in [2.75, 3.05) is 7.05 Å². The van der Waals surface area contributed by atoms with Crippen molar-refractivity contribution in [3.05, 3.63) is 22.4 Å². The number of hydrogen-bond donors (Lipinski definition) is 1.